The van der Waals surface area contributed by atoms with Crippen molar-refractivity contribution in [2.24, 2.45) is 22.7 Å². The van der Waals surface area contributed by atoms with E-state index in [1.54, 1.807) is 11.5 Å². The first kappa shape index (κ1) is 16.1. The highest BCUT2D eigenvalue weighted by molar-refractivity contribution is 5.12. The summed E-state index contributed by atoms with van der Waals surface area (Å²) in [6.45, 7) is 14.6. The first-order valence-electron chi connectivity index (χ1n) is 8.75. The van der Waals surface area contributed by atoms with Crippen molar-refractivity contribution in [2.75, 3.05) is 0 Å². The molecule has 0 unspecified atom stereocenters. The quantitative estimate of drug-likeness (QED) is 0.511. The number of fused-ring (bicyclic) bond motifs is 1. The van der Waals surface area contributed by atoms with Crippen LogP contribution in [0.4, 0.5) is 0 Å². The third kappa shape index (κ3) is 2.85. The molecule has 3 atom stereocenters. The molecule has 2 fully saturated rings. The average Bonchev–Trinajstić information content (AvgIpc) is 2.36. The monoisotopic (exact) mass is 275 g/mol. The maximum absolute atomic E-state index is 2.62. The molecule has 0 saturated heterocycles. The van der Waals surface area contributed by atoms with Gasteiger partial charge in [-0.3, -0.25) is 0 Å². The molecule has 115 valence electrons. The van der Waals surface area contributed by atoms with Crippen LogP contribution in [0.5, 0.6) is 0 Å². The molecular weight excluding hydrogens is 240 g/mol. The molecule has 0 aromatic carbocycles. The molecule has 2 rings (SSSR count). The van der Waals surface area contributed by atoms with Crippen LogP contribution in [0.15, 0.2) is 11.6 Å². The lowest BCUT2D eigenvalue weighted by Crippen LogP contribution is -2.50. The molecule has 0 heterocycles. The fourth-order valence-corrected chi connectivity index (χ4v) is 5.51. The highest BCUT2D eigenvalue weighted by atomic mass is 14.6. The molecule has 1 radical (unpaired) electrons. The van der Waals surface area contributed by atoms with E-state index >= 15 is 0 Å². The largest absolute Gasteiger partial charge is 0.0887 e. The Morgan fingerprint density at radius 3 is 2.60 bits per heavy atom. The number of allylic oxidation sites excluding steroid dienone is 2. The zero-order chi connectivity index (χ0) is 15.0. The van der Waals surface area contributed by atoms with Crippen LogP contribution >= 0.6 is 0 Å². The van der Waals surface area contributed by atoms with E-state index in [0.29, 0.717) is 10.8 Å². The molecule has 0 amide bonds. The molecule has 0 N–H and O–H groups in total. The van der Waals surface area contributed by atoms with Gasteiger partial charge in [0.1, 0.15) is 0 Å². The van der Waals surface area contributed by atoms with Crippen molar-refractivity contribution >= 4 is 0 Å². The topological polar surface area (TPSA) is 0 Å². The van der Waals surface area contributed by atoms with Crippen molar-refractivity contribution in [3.05, 3.63) is 17.6 Å². The smallest absolute Gasteiger partial charge is 0.0235 e. The second-order valence-electron chi connectivity index (χ2n) is 8.51. The molecule has 0 spiro atoms. The lowest BCUT2D eigenvalue weighted by molar-refractivity contribution is -0.0643. The molecule has 20 heavy (non-hydrogen) atoms. The maximum atomic E-state index is 2.62. The van der Waals surface area contributed by atoms with E-state index in [4.69, 9.17) is 0 Å². The van der Waals surface area contributed by atoms with Crippen LogP contribution in [-0.4, -0.2) is 0 Å². The molecule has 0 heteroatoms. The van der Waals surface area contributed by atoms with Gasteiger partial charge in [-0.05, 0) is 81.0 Å². The Balaban J connectivity index is 2.19. The zero-order valence-electron chi connectivity index (χ0n) is 14.7. The summed E-state index contributed by atoms with van der Waals surface area (Å²) in [6, 6.07) is 0. The fourth-order valence-electron chi connectivity index (χ4n) is 5.51. The molecule has 2 aliphatic carbocycles. The minimum Gasteiger partial charge on any atom is -0.0887 e. The van der Waals surface area contributed by atoms with Crippen molar-refractivity contribution in [3.8, 4) is 0 Å². The predicted octanol–water partition coefficient (Wildman–Crippen LogP) is 6.57. The highest BCUT2D eigenvalue weighted by Gasteiger charge is 2.53. The van der Waals surface area contributed by atoms with Crippen molar-refractivity contribution in [1.29, 1.82) is 0 Å². The van der Waals surface area contributed by atoms with Crippen LogP contribution in [0.25, 0.3) is 0 Å². The van der Waals surface area contributed by atoms with E-state index in [1.807, 2.05) is 0 Å². The Morgan fingerprint density at radius 2 is 1.95 bits per heavy atom. The second-order valence-corrected chi connectivity index (χ2v) is 8.51. The highest BCUT2D eigenvalue weighted by Crippen LogP contribution is 2.62. The molecule has 2 saturated carbocycles. The number of hydrogen-bond acceptors (Lipinski definition) is 0. The van der Waals surface area contributed by atoms with Gasteiger partial charge in [-0.1, -0.05) is 45.8 Å². The van der Waals surface area contributed by atoms with E-state index in [0.717, 1.165) is 11.8 Å². The van der Waals surface area contributed by atoms with Crippen molar-refractivity contribution < 1.29 is 0 Å². The first-order chi connectivity index (χ1) is 9.31. The Labute approximate surface area is 127 Å². The second kappa shape index (κ2) is 5.85. The number of rotatable bonds is 3. The van der Waals surface area contributed by atoms with Gasteiger partial charge >= 0.3 is 0 Å². The standard InChI is InChI=1S/C20H35/c1-7-15(2)9-11-17-16(3)10-12-18-19(4,5)13-8-14-20(17,18)6/h7,17-18H,8-14H2,1-6H3/b15-7+/t17-,18-,20+/m0/s1. The zero-order valence-corrected chi connectivity index (χ0v) is 14.7. The molecular formula is C20H35. The van der Waals surface area contributed by atoms with Crippen LogP contribution in [-0.2, 0) is 0 Å². The van der Waals surface area contributed by atoms with Gasteiger partial charge in [0.05, 0.1) is 0 Å². The summed E-state index contributed by atoms with van der Waals surface area (Å²) in [5, 5.41) is 0. The van der Waals surface area contributed by atoms with Gasteiger partial charge in [0.25, 0.3) is 0 Å². The lowest BCUT2D eigenvalue weighted by atomic mass is 9.46. The van der Waals surface area contributed by atoms with Crippen molar-refractivity contribution in [2.45, 2.75) is 86.5 Å². The Morgan fingerprint density at radius 1 is 1.25 bits per heavy atom. The molecule has 0 aromatic heterocycles. The van der Waals surface area contributed by atoms with E-state index in [-0.39, 0.29) is 0 Å². The van der Waals surface area contributed by atoms with Gasteiger partial charge in [-0.25, -0.2) is 0 Å². The minimum atomic E-state index is 0.557. The van der Waals surface area contributed by atoms with Gasteiger partial charge in [0.15, 0.2) is 0 Å². The Hall–Kier alpha value is -0.260. The maximum Gasteiger partial charge on any atom is -0.0235 e. The van der Waals surface area contributed by atoms with Crippen LogP contribution in [0, 0.1) is 28.6 Å². The van der Waals surface area contributed by atoms with Gasteiger partial charge in [-0.15, -0.1) is 0 Å². The number of hydrogen-bond donors (Lipinski definition) is 0. The van der Waals surface area contributed by atoms with Gasteiger partial charge in [0.2, 0.25) is 0 Å². The van der Waals surface area contributed by atoms with Crippen LogP contribution in [0.3, 0.4) is 0 Å². The SMILES string of the molecule is C/C=C(\C)CC[C@H]1[C](C)CC[C@H]2C(C)(C)CCC[C@]12C. The van der Waals surface area contributed by atoms with Gasteiger partial charge in [0, 0.05) is 0 Å². The summed E-state index contributed by atoms with van der Waals surface area (Å²) in [6.07, 6.45) is 12.1. The van der Waals surface area contributed by atoms with Crippen molar-refractivity contribution in [1.82, 2.24) is 0 Å². The summed E-state index contributed by atoms with van der Waals surface area (Å²) in [5.41, 5.74) is 2.69. The third-order valence-electron chi connectivity index (χ3n) is 6.81. The van der Waals surface area contributed by atoms with Gasteiger partial charge in [-0.2, -0.15) is 0 Å². The van der Waals surface area contributed by atoms with Gasteiger partial charge < -0.3 is 0 Å². The van der Waals surface area contributed by atoms with E-state index in [2.05, 4.69) is 47.6 Å². The van der Waals surface area contributed by atoms with Crippen LogP contribution in [0.2, 0.25) is 0 Å². The van der Waals surface area contributed by atoms with E-state index in [9.17, 15) is 0 Å². The van der Waals surface area contributed by atoms with Crippen LogP contribution in [0.1, 0.15) is 86.5 Å². The molecule has 0 aromatic rings. The fraction of sp³-hybridized carbons (Fsp3) is 0.850. The lowest BCUT2D eigenvalue weighted by Gasteiger charge is -2.59. The third-order valence-corrected chi connectivity index (χ3v) is 6.81. The first-order valence-corrected chi connectivity index (χ1v) is 8.75. The summed E-state index contributed by atoms with van der Waals surface area (Å²) in [4.78, 5) is 0. The Bertz CT molecular complexity index is 362. The molecule has 0 bridgehead atoms. The average molecular weight is 275 g/mol. The molecule has 2 aliphatic rings. The summed E-state index contributed by atoms with van der Waals surface area (Å²) < 4.78 is 0. The summed E-state index contributed by atoms with van der Waals surface area (Å²) in [7, 11) is 0. The van der Waals surface area contributed by atoms with Crippen molar-refractivity contribution in [3.63, 3.8) is 0 Å². The summed E-state index contributed by atoms with van der Waals surface area (Å²) in [5.74, 6) is 3.59. The summed E-state index contributed by atoms with van der Waals surface area (Å²) >= 11 is 0. The molecule has 0 nitrogen and oxygen atoms in total. The minimum absolute atomic E-state index is 0.557. The Kier molecular flexibility index (Phi) is 4.72. The normalized spacial score (nSPS) is 38.6. The predicted molar refractivity (Wildman–Crippen MR) is 89.5 cm³/mol. The molecule has 0 aliphatic heterocycles. The van der Waals surface area contributed by atoms with E-state index in [1.165, 1.54) is 44.9 Å². The van der Waals surface area contributed by atoms with Crippen LogP contribution < -0.4 is 0 Å². The van der Waals surface area contributed by atoms with E-state index < -0.39 is 0 Å².